The van der Waals surface area contributed by atoms with Crippen LogP contribution in [0.15, 0.2) is 0 Å². The molecule has 104 valence electrons. The van der Waals surface area contributed by atoms with Gasteiger partial charge in [0, 0.05) is 13.2 Å². The Kier molecular flexibility index (Phi) is 5.40. The molecule has 0 atom stereocenters. The summed E-state index contributed by atoms with van der Waals surface area (Å²) < 4.78 is 15.1. The van der Waals surface area contributed by atoms with E-state index in [1.165, 1.54) is 0 Å². The molecule has 1 aliphatic heterocycles. The molecule has 1 amide bonds. The Morgan fingerprint density at radius 1 is 1.28 bits per heavy atom. The highest BCUT2D eigenvalue weighted by atomic mass is 16.6. The van der Waals surface area contributed by atoms with Gasteiger partial charge in [0.2, 0.25) is 0 Å². The van der Waals surface area contributed by atoms with Gasteiger partial charge in [-0.15, -0.1) is 0 Å². The van der Waals surface area contributed by atoms with Crippen LogP contribution in [0.1, 0.15) is 33.6 Å². The Morgan fingerprint density at radius 3 is 2.44 bits per heavy atom. The smallest absolute Gasteiger partial charge is 0.410 e. The maximum absolute atomic E-state index is 11.6. The maximum Gasteiger partial charge on any atom is 0.410 e. The van der Waals surface area contributed by atoms with Crippen LogP contribution in [0.4, 0.5) is 4.79 Å². The lowest BCUT2D eigenvalue weighted by Gasteiger charge is -2.21. The molecule has 18 heavy (non-hydrogen) atoms. The molecule has 1 aliphatic rings. The number of amides is 1. The van der Waals surface area contributed by atoms with E-state index < -0.39 is 11.7 Å². The van der Waals surface area contributed by atoms with Gasteiger partial charge >= 0.3 is 12.1 Å². The molecule has 6 nitrogen and oxygen atoms in total. The molecule has 0 aromatic rings. The van der Waals surface area contributed by atoms with Crippen molar-refractivity contribution in [3.05, 3.63) is 0 Å². The summed E-state index contributed by atoms with van der Waals surface area (Å²) in [6.45, 7) is 6.30. The average Bonchev–Trinajstić information content (AvgIpc) is 2.27. The molecular weight excluding hydrogens is 238 g/mol. The van der Waals surface area contributed by atoms with Crippen LogP contribution >= 0.6 is 0 Å². The number of esters is 1. The van der Waals surface area contributed by atoms with E-state index in [4.69, 9.17) is 14.2 Å². The maximum atomic E-state index is 11.6. The predicted octanol–water partition coefficient (Wildman–Crippen LogP) is 1.44. The number of hydrogen-bond donors (Lipinski definition) is 1. The lowest BCUT2D eigenvalue weighted by molar-refractivity contribution is -0.152. The molecule has 1 heterocycles. The first-order valence-electron chi connectivity index (χ1n) is 6.10. The van der Waals surface area contributed by atoms with Gasteiger partial charge in [-0.3, -0.25) is 10.1 Å². The molecule has 0 aromatic carbocycles. The fraction of sp³-hybridized carbons (Fsp3) is 0.833. The number of alkyl carbamates (subject to hydrolysis) is 1. The van der Waals surface area contributed by atoms with Crippen molar-refractivity contribution < 1.29 is 23.8 Å². The zero-order chi connectivity index (χ0) is 13.6. The summed E-state index contributed by atoms with van der Waals surface area (Å²) in [6, 6.07) is 0. The molecule has 0 bridgehead atoms. The van der Waals surface area contributed by atoms with Crippen molar-refractivity contribution in [2.45, 2.75) is 39.2 Å². The summed E-state index contributed by atoms with van der Waals surface area (Å²) in [6.07, 6.45) is 0.749. The second kappa shape index (κ2) is 6.58. The highest BCUT2D eigenvalue weighted by Crippen LogP contribution is 2.15. The van der Waals surface area contributed by atoms with Crippen LogP contribution in [0.3, 0.4) is 0 Å². The summed E-state index contributed by atoms with van der Waals surface area (Å²) >= 11 is 0. The third kappa shape index (κ3) is 5.86. The minimum absolute atomic E-state index is 0.126. The first-order chi connectivity index (χ1) is 8.38. The third-order valence-electron chi connectivity index (χ3n) is 2.38. The van der Waals surface area contributed by atoms with Crippen LogP contribution in [-0.2, 0) is 19.0 Å². The lowest BCUT2D eigenvalue weighted by Crippen LogP contribution is -2.35. The van der Waals surface area contributed by atoms with Crippen molar-refractivity contribution in [3.63, 3.8) is 0 Å². The second-order valence-corrected chi connectivity index (χ2v) is 5.17. The van der Waals surface area contributed by atoms with Crippen LogP contribution in [0.2, 0.25) is 0 Å². The van der Waals surface area contributed by atoms with Crippen LogP contribution in [0.25, 0.3) is 0 Å². The van der Waals surface area contributed by atoms with E-state index in [1.807, 2.05) is 0 Å². The van der Waals surface area contributed by atoms with Crippen LogP contribution in [0.5, 0.6) is 0 Å². The molecule has 0 aromatic heterocycles. The molecule has 0 aliphatic carbocycles. The van der Waals surface area contributed by atoms with Crippen LogP contribution in [0, 0.1) is 5.92 Å². The number of nitrogens with one attached hydrogen (secondary N) is 1. The molecule has 0 spiro atoms. The molecule has 6 heteroatoms. The fourth-order valence-corrected chi connectivity index (χ4v) is 1.53. The summed E-state index contributed by atoms with van der Waals surface area (Å²) in [5.74, 6) is -0.423. The van der Waals surface area contributed by atoms with Gasteiger partial charge in [-0.05, 0) is 33.6 Å². The van der Waals surface area contributed by atoms with Crippen LogP contribution < -0.4 is 5.32 Å². The number of carbonyl (C=O) groups is 2. The number of hydrogen-bond acceptors (Lipinski definition) is 5. The molecular formula is C12H21NO5. The summed E-state index contributed by atoms with van der Waals surface area (Å²) in [5, 5.41) is 2.37. The van der Waals surface area contributed by atoms with Crippen molar-refractivity contribution in [1.82, 2.24) is 5.32 Å². The Balaban J connectivity index is 2.17. The van der Waals surface area contributed by atoms with Gasteiger partial charge in [0.1, 0.15) is 5.60 Å². The van der Waals surface area contributed by atoms with Gasteiger partial charge in [0.25, 0.3) is 0 Å². The van der Waals surface area contributed by atoms with E-state index in [2.05, 4.69) is 5.32 Å². The molecule has 0 saturated carbocycles. The highest BCUT2D eigenvalue weighted by molar-refractivity contribution is 5.73. The highest BCUT2D eigenvalue weighted by Gasteiger charge is 2.23. The van der Waals surface area contributed by atoms with Crippen molar-refractivity contribution in [1.29, 1.82) is 0 Å². The van der Waals surface area contributed by atoms with Gasteiger partial charge in [-0.25, -0.2) is 4.79 Å². The molecule has 0 unspecified atom stereocenters. The van der Waals surface area contributed by atoms with E-state index in [9.17, 15) is 9.59 Å². The summed E-state index contributed by atoms with van der Waals surface area (Å²) in [4.78, 5) is 22.9. The van der Waals surface area contributed by atoms with E-state index in [0.717, 1.165) is 0 Å². The van der Waals surface area contributed by atoms with Crippen molar-refractivity contribution in [2.75, 3.05) is 19.9 Å². The average molecular weight is 259 g/mol. The lowest BCUT2D eigenvalue weighted by atomic mass is 10.0. The Bertz CT molecular complexity index is 291. The zero-order valence-corrected chi connectivity index (χ0v) is 11.2. The predicted molar refractivity (Wildman–Crippen MR) is 63.9 cm³/mol. The topological polar surface area (TPSA) is 73.9 Å². The van der Waals surface area contributed by atoms with Crippen molar-refractivity contribution in [3.8, 4) is 0 Å². The normalized spacial score (nSPS) is 17.1. The SMILES string of the molecule is CC(C)(C)OC(=O)NCOC(=O)C1CCOCC1. The van der Waals surface area contributed by atoms with E-state index in [-0.39, 0.29) is 18.6 Å². The van der Waals surface area contributed by atoms with E-state index >= 15 is 0 Å². The molecule has 1 rings (SSSR count). The minimum atomic E-state index is -0.595. The monoisotopic (exact) mass is 259 g/mol. The first-order valence-corrected chi connectivity index (χ1v) is 6.10. The Labute approximate surface area is 107 Å². The van der Waals surface area contributed by atoms with Gasteiger partial charge < -0.3 is 14.2 Å². The summed E-state index contributed by atoms with van der Waals surface area (Å²) in [7, 11) is 0. The Morgan fingerprint density at radius 2 is 1.89 bits per heavy atom. The van der Waals surface area contributed by atoms with Gasteiger partial charge in [-0.1, -0.05) is 0 Å². The van der Waals surface area contributed by atoms with Crippen molar-refractivity contribution in [2.24, 2.45) is 5.92 Å². The molecule has 0 radical (unpaired) electrons. The number of carbonyl (C=O) groups excluding carboxylic acids is 2. The van der Waals surface area contributed by atoms with E-state index in [1.54, 1.807) is 20.8 Å². The van der Waals surface area contributed by atoms with Gasteiger partial charge in [0.05, 0.1) is 5.92 Å². The number of rotatable bonds is 3. The van der Waals surface area contributed by atoms with Crippen molar-refractivity contribution >= 4 is 12.1 Å². The quantitative estimate of drug-likeness (QED) is 0.613. The van der Waals surface area contributed by atoms with Crippen LogP contribution in [-0.4, -0.2) is 37.6 Å². The standard InChI is InChI=1S/C12H21NO5/c1-12(2,3)18-11(15)13-8-17-10(14)9-4-6-16-7-5-9/h9H,4-8H2,1-3H3,(H,13,15). The zero-order valence-electron chi connectivity index (χ0n) is 11.2. The van der Waals surface area contributed by atoms with E-state index in [0.29, 0.717) is 26.1 Å². The molecule has 1 fully saturated rings. The molecule has 1 N–H and O–H groups in total. The Hall–Kier alpha value is -1.30. The summed E-state index contributed by atoms with van der Waals surface area (Å²) in [5.41, 5.74) is -0.561. The first kappa shape index (κ1) is 14.8. The third-order valence-corrected chi connectivity index (χ3v) is 2.38. The second-order valence-electron chi connectivity index (χ2n) is 5.17. The largest absolute Gasteiger partial charge is 0.444 e. The van der Waals surface area contributed by atoms with Gasteiger partial charge in [-0.2, -0.15) is 0 Å². The number of ether oxygens (including phenoxy) is 3. The fourth-order valence-electron chi connectivity index (χ4n) is 1.53. The minimum Gasteiger partial charge on any atom is -0.444 e. The molecule has 1 saturated heterocycles. The van der Waals surface area contributed by atoms with Gasteiger partial charge in [0.15, 0.2) is 6.73 Å².